The van der Waals surface area contributed by atoms with Crippen molar-refractivity contribution in [1.29, 1.82) is 0 Å². The topological polar surface area (TPSA) is 109 Å². The number of para-hydroxylation sites is 1. The molecular formula is C22H21N5O5. The van der Waals surface area contributed by atoms with Crippen molar-refractivity contribution in [1.82, 2.24) is 18.9 Å². The number of methoxy groups -OCH3 is 2. The largest absolute Gasteiger partial charge is 0.493 e. The Morgan fingerprint density at radius 1 is 1.03 bits per heavy atom. The molecule has 0 bridgehead atoms. The molecule has 0 aliphatic rings. The first kappa shape index (κ1) is 20.9. The van der Waals surface area contributed by atoms with Gasteiger partial charge in [0.25, 0.3) is 5.56 Å². The zero-order valence-corrected chi connectivity index (χ0v) is 17.7. The molecule has 0 saturated carbocycles. The molecule has 0 aliphatic heterocycles. The quantitative estimate of drug-likeness (QED) is 0.492. The van der Waals surface area contributed by atoms with Gasteiger partial charge in [-0.05, 0) is 24.3 Å². The van der Waals surface area contributed by atoms with Crippen LogP contribution in [-0.2, 0) is 18.4 Å². The van der Waals surface area contributed by atoms with Gasteiger partial charge in [0, 0.05) is 18.8 Å². The van der Waals surface area contributed by atoms with Crippen molar-refractivity contribution in [3.05, 3.63) is 75.6 Å². The third kappa shape index (κ3) is 3.62. The van der Waals surface area contributed by atoms with E-state index >= 15 is 0 Å². The van der Waals surface area contributed by atoms with Gasteiger partial charge in [-0.25, -0.2) is 9.48 Å². The highest BCUT2D eigenvalue weighted by molar-refractivity contribution is 5.91. The summed E-state index contributed by atoms with van der Waals surface area (Å²) in [4.78, 5) is 38.4. The van der Waals surface area contributed by atoms with Crippen molar-refractivity contribution >= 4 is 22.6 Å². The maximum atomic E-state index is 12.9. The molecule has 10 nitrogen and oxygen atoms in total. The van der Waals surface area contributed by atoms with Gasteiger partial charge >= 0.3 is 5.69 Å². The number of carbonyl (C=O) groups is 1. The Morgan fingerprint density at radius 2 is 1.75 bits per heavy atom. The highest BCUT2D eigenvalue weighted by atomic mass is 16.5. The number of aromatic nitrogens is 4. The maximum absolute atomic E-state index is 12.9. The van der Waals surface area contributed by atoms with Crippen LogP contribution in [-0.4, -0.2) is 39.0 Å². The number of nitrogens with zero attached hydrogens (tertiary/aromatic N) is 4. The molecule has 0 aliphatic carbocycles. The molecule has 32 heavy (non-hydrogen) atoms. The Kier molecular flexibility index (Phi) is 5.50. The number of anilines is 1. The second-order valence-electron chi connectivity index (χ2n) is 6.98. The Balaban J connectivity index is 1.76. The summed E-state index contributed by atoms with van der Waals surface area (Å²) in [7, 11) is 4.38. The average molecular weight is 435 g/mol. The van der Waals surface area contributed by atoms with Crippen molar-refractivity contribution in [2.75, 3.05) is 19.5 Å². The molecule has 0 radical (unpaired) electrons. The van der Waals surface area contributed by atoms with E-state index in [1.54, 1.807) is 30.3 Å². The predicted molar refractivity (Wildman–Crippen MR) is 119 cm³/mol. The van der Waals surface area contributed by atoms with Gasteiger partial charge in [-0.3, -0.25) is 18.7 Å². The van der Waals surface area contributed by atoms with E-state index in [1.165, 1.54) is 36.7 Å². The number of nitrogens with one attached hydrogen (secondary N) is 1. The lowest BCUT2D eigenvalue weighted by molar-refractivity contribution is -0.116. The first-order valence-corrected chi connectivity index (χ1v) is 9.69. The maximum Gasteiger partial charge on any atom is 0.332 e. The fourth-order valence-corrected chi connectivity index (χ4v) is 3.45. The van der Waals surface area contributed by atoms with Gasteiger partial charge in [0.1, 0.15) is 11.9 Å². The molecule has 0 spiro atoms. The van der Waals surface area contributed by atoms with Crippen LogP contribution in [0.2, 0.25) is 0 Å². The Morgan fingerprint density at radius 3 is 2.44 bits per heavy atom. The second-order valence-corrected chi connectivity index (χ2v) is 6.98. The lowest BCUT2D eigenvalue weighted by atomic mass is 10.2. The van der Waals surface area contributed by atoms with Gasteiger partial charge in [-0.2, -0.15) is 5.10 Å². The van der Waals surface area contributed by atoms with E-state index in [0.29, 0.717) is 22.9 Å². The number of hydrogen-bond acceptors (Lipinski definition) is 6. The molecule has 2 aromatic carbocycles. The summed E-state index contributed by atoms with van der Waals surface area (Å²) in [5.41, 5.74) is 0.265. The standard InChI is InChI=1S/C22H21N5O5/c1-25-21(29)16-12-23-27(15-7-5-4-6-8-15)20(16)26(22(25)30)13-19(28)24-14-9-10-17(31-2)18(11-14)32-3/h4-12H,13H2,1-3H3,(H,24,28). The lowest BCUT2D eigenvalue weighted by Gasteiger charge is -2.13. The van der Waals surface area contributed by atoms with E-state index in [-0.39, 0.29) is 17.6 Å². The summed E-state index contributed by atoms with van der Waals surface area (Å²) in [6.45, 7) is -0.323. The third-order valence-electron chi connectivity index (χ3n) is 5.02. The molecule has 0 unspecified atom stereocenters. The van der Waals surface area contributed by atoms with Gasteiger partial charge in [-0.1, -0.05) is 18.2 Å². The number of fused-ring (bicyclic) bond motifs is 1. The smallest absolute Gasteiger partial charge is 0.332 e. The number of amides is 1. The summed E-state index contributed by atoms with van der Waals surface area (Å²) in [5.74, 6) is 0.516. The molecule has 2 aromatic heterocycles. The second kappa shape index (κ2) is 8.42. The van der Waals surface area contributed by atoms with E-state index in [9.17, 15) is 14.4 Å². The minimum absolute atomic E-state index is 0.231. The molecule has 4 aromatic rings. The molecule has 0 saturated heterocycles. The van der Waals surface area contributed by atoms with Gasteiger partial charge in [0.15, 0.2) is 17.1 Å². The molecule has 0 atom stereocenters. The molecule has 10 heteroatoms. The third-order valence-corrected chi connectivity index (χ3v) is 5.02. The SMILES string of the molecule is COc1ccc(NC(=O)Cn2c(=O)n(C)c(=O)c3cnn(-c4ccccc4)c32)cc1OC. The molecule has 164 valence electrons. The highest BCUT2D eigenvalue weighted by Gasteiger charge is 2.19. The Labute approximate surface area is 182 Å². The van der Waals surface area contributed by atoms with Crippen LogP contribution in [0.5, 0.6) is 11.5 Å². The van der Waals surface area contributed by atoms with Crippen molar-refractivity contribution in [3.63, 3.8) is 0 Å². The van der Waals surface area contributed by atoms with Crippen molar-refractivity contribution in [3.8, 4) is 17.2 Å². The molecule has 1 amide bonds. The first-order chi connectivity index (χ1) is 15.4. The predicted octanol–water partition coefficient (Wildman–Crippen LogP) is 1.54. The highest BCUT2D eigenvalue weighted by Crippen LogP contribution is 2.29. The normalized spacial score (nSPS) is 10.8. The van der Waals surface area contributed by atoms with Crippen molar-refractivity contribution in [2.24, 2.45) is 7.05 Å². The Hall–Kier alpha value is -4.34. The van der Waals surface area contributed by atoms with E-state index in [2.05, 4.69) is 10.4 Å². The zero-order valence-electron chi connectivity index (χ0n) is 17.7. The van der Waals surface area contributed by atoms with Crippen LogP contribution in [0.4, 0.5) is 5.69 Å². The van der Waals surface area contributed by atoms with Gasteiger partial charge < -0.3 is 14.8 Å². The molecule has 2 heterocycles. The monoisotopic (exact) mass is 435 g/mol. The van der Waals surface area contributed by atoms with E-state index in [1.807, 2.05) is 18.2 Å². The van der Waals surface area contributed by atoms with Crippen molar-refractivity contribution < 1.29 is 14.3 Å². The van der Waals surface area contributed by atoms with Crippen LogP contribution < -0.4 is 26.0 Å². The molecule has 1 N–H and O–H groups in total. The van der Waals surface area contributed by atoms with Crippen LogP contribution in [0.25, 0.3) is 16.7 Å². The summed E-state index contributed by atoms with van der Waals surface area (Å²) in [6, 6.07) is 14.0. The number of hydrogen-bond donors (Lipinski definition) is 1. The summed E-state index contributed by atoms with van der Waals surface area (Å²) < 4.78 is 14.1. The Bertz CT molecular complexity index is 1420. The number of carbonyl (C=O) groups excluding carboxylic acids is 1. The van der Waals surface area contributed by atoms with E-state index in [4.69, 9.17) is 9.47 Å². The van der Waals surface area contributed by atoms with Crippen LogP contribution >= 0.6 is 0 Å². The minimum atomic E-state index is -0.623. The fraction of sp³-hybridized carbons (Fsp3) is 0.182. The zero-order chi connectivity index (χ0) is 22.8. The van der Waals surface area contributed by atoms with Gasteiger partial charge in [0.2, 0.25) is 5.91 Å². The summed E-state index contributed by atoms with van der Waals surface area (Å²) in [6.07, 6.45) is 1.40. The molecule has 0 fully saturated rings. The van der Waals surface area contributed by atoms with Crippen LogP contribution in [0.15, 0.2) is 64.3 Å². The van der Waals surface area contributed by atoms with Crippen molar-refractivity contribution in [2.45, 2.75) is 6.54 Å². The fourth-order valence-electron chi connectivity index (χ4n) is 3.45. The molecule has 4 rings (SSSR count). The van der Waals surface area contributed by atoms with Crippen LogP contribution in [0, 0.1) is 0 Å². The number of benzene rings is 2. The van der Waals surface area contributed by atoms with Crippen LogP contribution in [0.3, 0.4) is 0 Å². The van der Waals surface area contributed by atoms with E-state index in [0.717, 1.165) is 4.57 Å². The van der Waals surface area contributed by atoms with E-state index < -0.39 is 17.2 Å². The average Bonchev–Trinajstić information content (AvgIpc) is 3.26. The van der Waals surface area contributed by atoms with Gasteiger partial charge in [-0.15, -0.1) is 0 Å². The van der Waals surface area contributed by atoms with Gasteiger partial charge in [0.05, 0.1) is 26.1 Å². The molecular weight excluding hydrogens is 414 g/mol. The first-order valence-electron chi connectivity index (χ1n) is 9.69. The number of ether oxygens (including phenoxy) is 2. The minimum Gasteiger partial charge on any atom is -0.493 e. The van der Waals surface area contributed by atoms with Crippen LogP contribution in [0.1, 0.15) is 0 Å². The number of rotatable bonds is 6. The summed E-state index contributed by atoms with van der Waals surface area (Å²) in [5, 5.41) is 7.26. The summed E-state index contributed by atoms with van der Waals surface area (Å²) >= 11 is 0. The lowest BCUT2D eigenvalue weighted by Crippen LogP contribution is -2.40.